The van der Waals surface area contributed by atoms with Crippen LogP contribution in [0.3, 0.4) is 0 Å². The molecule has 7 nitrogen and oxygen atoms in total. The first-order valence-corrected chi connectivity index (χ1v) is 10.0. The fourth-order valence-electron chi connectivity index (χ4n) is 4.25. The lowest BCUT2D eigenvalue weighted by Gasteiger charge is -2.39. The second kappa shape index (κ2) is 7.31. The van der Waals surface area contributed by atoms with Gasteiger partial charge in [0.2, 0.25) is 0 Å². The van der Waals surface area contributed by atoms with Crippen molar-refractivity contribution >= 4 is 0 Å². The van der Waals surface area contributed by atoms with Gasteiger partial charge < -0.3 is 4.57 Å². The van der Waals surface area contributed by atoms with Crippen molar-refractivity contribution in [3.63, 3.8) is 0 Å². The third-order valence-electron chi connectivity index (χ3n) is 5.73. The summed E-state index contributed by atoms with van der Waals surface area (Å²) in [5.41, 5.74) is 2.99. The molecule has 0 atom stereocenters. The highest BCUT2D eigenvalue weighted by atomic mass is 16.1. The van der Waals surface area contributed by atoms with Crippen LogP contribution in [0.2, 0.25) is 0 Å². The first kappa shape index (κ1) is 17.3. The van der Waals surface area contributed by atoms with E-state index in [2.05, 4.69) is 24.5 Å². The average Bonchev–Trinajstić information content (AvgIpc) is 3.11. The molecule has 5 heterocycles. The normalized spacial score (nSPS) is 17.3. The monoisotopic (exact) mass is 376 g/mol. The maximum Gasteiger partial charge on any atom is 0.266 e. The third-order valence-corrected chi connectivity index (χ3v) is 5.73. The molecule has 0 unspecified atom stereocenters. The van der Waals surface area contributed by atoms with Crippen molar-refractivity contribution < 1.29 is 0 Å². The van der Waals surface area contributed by atoms with Crippen molar-refractivity contribution in [2.75, 3.05) is 13.1 Å². The standard InChI is InChI=1S/C21H24N6O/c28-21-7-6-19(17-4-3-8-22-10-17)24-27(21)14-16-12-25(13-16)15-18-11-23-20-5-1-2-9-26(18)20/h3-4,6-8,10-11,16H,1-2,5,9,12-15H2. The van der Waals surface area contributed by atoms with Gasteiger partial charge in [0.1, 0.15) is 5.82 Å². The molecule has 0 N–H and O–H groups in total. The van der Waals surface area contributed by atoms with E-state index in [4.69, 9.17) is 0 Å². The summed E-state index contributed by atoms with van der Waals surface area (Å²) >= 11 is 0. The second-order valence-electron chi connectivity index (χ2n) is 7.82. The predicted molar refractivity (Wildman–Crippen MR) is 106 cm³/mol. The SMILES string of the molecule is O=c1ccc(-c2cccnc2)nn1CC1CN(Cc2cnc3n2CCCC3)C1. The van der Waals surface area contributed by atoms with Gasteiger partial charge in [-0.25, -0.2) is 9.67 Å². The van der Waals surface area contributed by atoms with E-state index < -0.39 is 0 Å². The molecule has 3 aromatic rings. The summed E-state index contributed by atoms with van der Waals surface area (Å²) in [6.07, 6.45) is 9.15. The topological polar surface area (TPSA) is 68.8 Å². The van der Waals surface area contributed by atoms with Crippen molar-refractivity contribution in [1.82, 2.24) is 29.2 Å². The van der Waals surface area contributed by atoms with E-state index in [0.29, 0.717) is 12.5 Å². The molecule has 28 heavy (non-hydrogen) atoms. The van der Waals surface area contributed by atoms with Gasteiger partial charge in [0.25, 0.3) is 5.56 Å². The fourth-order valence-corrected chi connectivity index (χ4v) is 4.25. The van der Waals surface area contributed by atoms with Crippen LogP contribution in [0.25, 0.3) is 11.3 Å². The van der Waals surface area contributed by atoms with Gasteiger partial charge in [0, 0.05) is 68.7 Å². The highest BCUT2D eigenvalue weighted by molar-refractivity contribution is 5.56. The van der Waals surface area contributed by atoms with E-state index in [9.17, 15) is 4.79 Å². The van der Waals surface area contributed by atoms with Crippen LogP contribution in [0.1, 0.15) is 24.4 Å². The second-order valence-corrected chi connectivity index (χ2v) is 7.82. The first-order chi connectivity index (χ1) is 13.8. The number of fused-ring (bicyclic) bond motifs is 1. The van der Waals surface area contributed by atoms with Gasteiger partial charge in [-0.2, -0.15) is 5.10 Å². The van der Waals surface area contributed by atoms with Gasteiger partial charge in [-0.3, -0.25) is 14.7 Å². The maximum atomic E-state index is 12.2. The molecular weight excluding hydrogens is 352 g/mol. The maximum absolute atomic E-state index is 12.2. The summed E-state index contributed by atoms with van der Waals surface area (Å²) in [5, 5.41) is 4.55. The first-order valence-electron chi connectivity index (χ1n) is 10.0. The molecule has 3 aromatic heterocycles. The Labute approximate surface area is 163 Å². The van der Waals surface area contributed by atoms with E-state index in [-0.39, 0.29) is 5.56 Å². The summed E-state index contributed by atoms with van der Waals surface area (Å²) in [7, 11) is 0. The molecule has 0 saturated carbocycles. The summed E-state index contributed by atoms with van der Waals surface area (Å²) < 4.78 is 3.99. The van der Waals surface area contributed by atoms with E-state index >= 15 is 0 Å². The minimum Gasteiger partial charge on any atom is -0.331 e. The van der Waals surface area contributed by atoms with Gasteiger partial charge in [0.05, 0.1) is 17.9 Å². The lowest BCUT2D eigenvalue weighted by molar-refractivity contribution is 0.0741. The van der Waals surface area contributed by atoms with E-state index in [0.717, 1.165) is 43.9 Å². The Morgan fingerprint density at radius 1 is 1.11 bits per heavy atom. The van der Waals surface area contributed by atoms with Crippen molar-refractivity contribution in [3.05, 3.63) is 64.7 Å². The van der Waals surface area contributed by atoms with Gasteiger partial charge in [-0.15, -0.1) is 0 Å². The highest BCUT2D eigenvalue weighted by Crippen LogP contribution is 2.23. The lowest BCUT2D eigenvalue weighted by Crippen LogP contribution is -2.49. The number of likely N-dealkylation sites (tertiary alicyclic amines) is 1. The Morgan fingerprint density at radius 2 is 2.04 bits per heavy atom. The molecule has 2 aliphatic rings. The molecule has 2 aliphatic heterocycles. The Balaban J connectivity index is 1.22. The minimum atomic E-state index is -0.0454. The van der Waals surface area contributed by atoms with Crippen LogP contribution in [0.4, 0.5) is 0 Å². The van der Waals surface area contributed by atoms with Crippen LogP contribution in [-0.2, 0) is 26.1 Å². The van der Waals surface area contributed by atoms with Crippen LogP contribution in [0.5, 0.6) is 0 Å². The quantitative estimate of drug-likeness (QED) is 0.681. The Morgan fingerprint density at radius 3 is 2.89 bits per heavy atom. The van der Waals surface area contributed by atoms with Crippen molar-refractivity contribution in [2.45, 2.75) is 38.9 Å². The molecule has 144 valence electrons. The smallest absolute Gasteiger partial charge is 0.266 e. The number of hydrogen-bond acceptors (Lipinski definition) is 5. The van der Waals surface area contributed by atoms with E-state index in [1.807, 2.05) is 18.3 Å². The molecule has 0 radical (unpaired) electrons. The number of hydrogen-bond donors (Lipinski definition) is 0. The Bertz CT molecular complexity index is 1020. The number of aromatic nitrogens is 5. The lowest BCUT2D eigenvalue weighted by atomic mass is 10.00. The van der Waals surface area contributed by atoms with Crippen molar-refractivity contribution in [1.29, 1.82) is 0 Å². The summed E-state index contributed by atoms with van der Waals surface area (Å²) in [6, 6.07) is 7.21. The van der Waals surface area contributed by atoms with Crippen molar-refractivity contribution in [2.24, 2.45) is 5.92 Å². The molecule has 0 aliphatic carbocycles. The van der Waals surface area contributed by atoms with Crippen LogP contribution in [-0.4, -0.2) is 42.3 Å². The number of pyridine rings is 1. The van der Waals surface area contributed by atoms with E-state index in [1.54, 1.807) is 29.2 Å². The average molecular weight is 376 g/mol. The fraction of sp³-hybridized carbons (Fsp3) is 0.429. The molecule has 7 heteroatoms. The summed E-state index contributed by atoms with van der Waals surface area (Å²) in [5.74, 6) is 1.69. The molecular formula is C21H24N6O. The minimum absolute atomic E-state index is 0.0454. The summed E-state index contributed by atoms with van der Waals surface area (Å²) in [6.45, 7) is 4.69. The van der Waals surface area contributed by atoms with Crippen LogP contribution < -0.4 is 5.56 Å². The predicted octanol–water partition coefficient (Wildman–Crippen LogP) is 1.97. The molecule has 5 rings (SSSR count). The van der Waals surface area contributed by atoms with E-state index in [1.165, 1.54) is 24.4 Å². The zero-order chi connectivity index (χ0) is 18.9. The number of rotatable bonds is 5. The van der Waals surface area contributed by atoms with Gasteiger partial charge >= 0.3 is 0 Å². The van der Waals surface area contributed by atoms with Gasteiger partial charge in [0.15, 0.2) is 0 Å². The largest absolute Gasteiger partial charge is 0.331 e. The van der Waals surface area contributed by atoms with Crippen LogP contribution in [0, 0.1) is 5.92 Å². The number of nitrogens with zero attached hydrogens (tertiary/aromatic N) is 6. The van der Waals surface area contributed by atoms with Gasteiger partial charge in [-0.05, 0) is 31.0 Å². The molecule has 0 bridgehead atoms. The van der Waals surface area contributed by atoms with Crippen LogP contribution >= 0.6 is 0 Å². The Kier molecular flexibility index (Phi) is 4.52. The third kappa shape index (κ3) is 3.38. The molecule has 0 aromatic carbocycles. The summed E-state index contributed by atoms with van der Waals surface area (Å²) in [4.78, 5) is 23.4. The zero-order valence-electron chi connectivity index (χ0n) is 15.9. The highest BCUT2D eigenvalue weighted by Gasteiger charge is 2.29. The van der Waals surface area contributed by atoms with Gasteiger partial charge in [-0.1, -0.05) is 0 Å². The van der Waals surface area contributed by atoms with Crippen molar-refractivity contribution in [3.8, 4) is 11.3 Å². The zero-order valence-corrected chi connectivity index (χ0v) is 15.9. The molecule has 1 saturated heterocycles. The Hall–Kier alpha value is -2.80. The van der Waals surface area contributed by atoms with Crippen LogP contribution in [0.15, 0.2) is 47.7 Å². The molecule has 0 spiro atoms. The molecule has 0 amide bonds. The molecule has 1 fully saturated rings. The number of imidazole rings is 1. The number of aryl methyl sites for hydroxylation is 1.